The van der Waals surface area contributed by atoms with Gasteiger partial charge in [0.05, 0.1) is 6.61 Å². The van der Waals surface area contributed by atoms with E-state index in [1.807, 2.05) is 0 Å². The van der Waals surface area contributed by atoms with E-state index in [0.717, 1.165) is 23.3 Å². The first kappa shape index (κ1) is 24.5. The fourth-order valence-electron chi connectivity index (χ4n) is 3.76. The fourth-order valence-corrected chi connectivity index (χ4v) is 3.76. The van der Waals surface area contributed by atoms with Crippen LogP contribution in [0, 0.1) is 17.5 Å². The Kier molecular flexibility index (Phi) is 7.55. The first-order valence-corrected chi connectivity index (χ1v) is 10.8. The number of halogens is 5. The third-order valence-electron chi connectivity index (χ3n) is 5.54. The summed E-state index contributed by atoms with van der Waals surface area (Å²) in [6.45, 7) is -2.77. The van der Waals surface area contributed by atoms with Crippen molar-refractivity contribution in [1.29, 1.82) is 0 Å². The minimum Gasteiger partial charge on any atom is -0.429 e. The predicted octanol–water partition coefficient (Wildman–Crippen LogP) is 6.29. The Morgan fingerprint density at radius 2 is 1.54 bits per heavy atom. The smallest absolute Gasteiger partial charge is 0.387 e. The Bertz CT molecular complexity index is 1310. The van der Waals surface area contributed by atoms with E-state index in [1.54, 1.807) is 49.8 Å². The summed E-state index contributed by atoms with van der Waals surface area (Å²) in [6.07, 6.45) is 4.42. The molecule has 0 fully saturated rings. The van der Waals surface area contributed by atoms with E-state index in [4.69, 9.17) is 4.74 Å². The van der Waals surface area contributed by atoms with Crippen molar-refractivity contribution in [3.63, 3.8) is 0 Å². The van der Waals surface area contributed by atoms with E-state index in [2.05, 4.69) is 14.7 Å². The number of methoxy groups -OCH3 is 1. The molecule has 4 aromatic rings. The van der Waals surface area contributed by atoms with Gasteiger partial charge >= 0.3 is 6.61 Å². The zero-order valence-corrected chi connectivity index (χ0v) is 18.7. The molecule has 0 spiro atoms. The average molecular weight is 488 g/mol. The molecule has 0 atom stereocenters. The molecule has 4 rings (SSSR count). The van der Waals surface area contributed by atoms with E-state index in [1.165, 1.54) is 0 Å². The van der Waals surface area contributed by atoms with Crippen LogP contribution in [0.5, 0.6) is 5.75 Å². The second-order valence-corrected chi connectivity index (χ2v) is 7.90. The lowest BCUT2D eigenvalue weighted by Crippen LogP contribution is -2.06. The van der Waals surface area contributed by atoms with Crippen molar-refractivity contribution in [2.75, 3.05) is 13.7 Å². The number of rotatable bonds is 9. The third kappa shape index (κ3) is 5.74. The molecule has 1 heterocycles. The van der Waals surface area contributed by atoms with Crippen LogP contribution in [0.15, 0.2) is 54.9 Å². The van der Waals surface area contributed by atoms with E-state index in [-0.39, 0.29) is 18.4 Å². The van der Waals surface area contributed by atoms with Crippen molar-refractivity contribution < 1.29 is 31.4 Å². The SMILES string of the molecule is COCCc1cnc(-c2ccc3c(F)c(CCc4cc(F)c(OC(F)F)c(F)c4)ccc3c2)nc1. The number of hydrogen-bond donors (Lipinski definition) is 0. The molecular weight excluding hydrogens is 467 g/mol. The molecule has 9 heteroatoms. The van der Waals surface area contributed by atoms with Crippen molar-refractivity contribution in [3.05, 3.63) is 89.0 Å². The summed E-state index contributed by atoms with van der Waals surface area (Å²) < 4.78 is 76.5. The number of benzene rings is 3. The van der Waals surface area contributed by atoms with Crippen molar-refractivity contribution in [1.82, 2.24) is 9.97 Å². The molecule has 1 aromatic heterocycles. The number of ether oxygens (including phenoxy) is 2. The molecule has 0 aliphatic rings. The molecule has 0 amide bonds. The summed E-state index contributed by atoms with van der Waals surface area (Å²) in [5.41, 5.74) is 2.24. The second kappa shape index (κ2) is 10.8. The summed E-state index contributed by atoms with van der Waals surface area (Å²) >= 11 is 0. The molecular formula is C26H21F5N2O2. The summed E-state index contributed by atoms with van der Waals surface area (Å²) in [7, 11) is 1.63. The highest BCUT2D eigenvalue weighted by molar-refractivity contribution is 5.87. The van der Waals surface area contributed by atoms with E-state index in [9.17, 15) is 17.6 Å². The maximum atomic E-state index is 15.1. The monoisotopic (exact) mass is 488 g/mol. The minimum absolute atomic E-state index is 0.104. The van der Waals surface area contributed by atoms with Crippen LogP contribution in [0.3, 0.4) is 0 Å². The summed E-state index contributed by atoms with van der Waals surface area (Å²) in [6, 6.07) is 10.3. The summed E-state index contributed by atoms with van der Waals surface area (Å²) in [5, 5.41) is 1.04. The topological polar surface area (TPSA) is 44.2 Å². The standard InChI is InChI=1S/C26H21F5N2O2/c1-34-9-8-16-13-32-25(33-14-16)19-6-7-20-18(12-19)5-4-17(23(20)29)3-2-15-10-21(27)24(22(28)11-15)35-26(30)31/h4-7,10-14,26H,2-3,8-9H2,1H3. The van der Waals surface area contributed by atoms with Crippen LogP contribution in [0.1, 0.15) is 16.7 Å². The number of fused-ring (bicyclic) bond motifs is 1. The predicted molar refractivity (Wildman–Crippen MR) is 121 cm³/mol. The van der Waals surface area contributed by atoms with Gasteiger partial charge in [0.1, 0.15) is 5.82 Å². The molecule has 0 aliphatic carbocycles. The maximum absolute atomic E-state index is 15.1. The number of hydrogen-bond acceptors (Lipinski definition) is 4. The number of aromatic nitrogens is 2. The summed E-state index contributed by atoms with van der Waals surface area (Å²) in [5.74, 6) is -3.53. The van der Waals surface area contributed by atoms with Crippen molar-refractivity contribution in [2.24, 2.45) is 0 Å². The molecule has 4 nitrogen and oxygen atoms in total. The van der Waals surface area contributed by atoms with Gasteiger partial charge in [0, 0.05) is 30.5 Å². The Balaban J connectivity index is 1.51. The number of nitrogens with zero attached hydrogens (tertiary/aromatic N) is 2. The lowest BCUT2D eigenvalue weighted by atomic mass is 9.98. The van der Waals surface area contributed by atoms with Gasteiger partial charge in [-0.3, -0.25) is 0 Å². The lowest BCUT2D eigenvalue weighted by Gasteiger charge is -2.11. The molecule has 0 unspecified atom stereocenters. The second-order valence-electron chi connectivity index (χ2n) is 7.90. The highest BCUT2D eigenvalue weighted by Crippen LogP contribution is 2.28. The van der Waals surface area contributed by atoms with Gasteiger partial charge in [0.25, 0.3) is 0 Å². The zero-order valence-electron chi connectivity index (χ0n) is 18.7. The van der Waals surface area contributed by atoms with Gasteiger partial charge in [0.15, 0.2) is 23.2 Å². The fraction of sp³-hybridized carbons (Fsp3) is 0.231. The molecule has 0 saturated heterocycles. The molecule has 182 valence electrons. The van der Waals surface area contributed by atoms with Crippen LogP contribution >= 0.6 is 0 Å². The van der Waals surface area contributed by atoms with Gasteiger partial charge in [-0.25, -0.2) is 23.1 Å². The van der Waals surface area contributed by atoms with E-state index in [0.29, 0.717) is 35.2 Å². The van der Waals surface area contributed by atoms with Gasteiger partial charge in [-0.05, 0) is 59.5 Å². The Hall–Kier alpha value is -3.59. The normalized spacial score (nSPS) is 11.4. The van der Waals surface area contributed by atoms with E-state index >= 15 is 4.39 Å². The van der Waals surface area contributed by atoms with Gasteiger partial charge in [-0.2, -0.15) is 8.78 Å². The largest absolute Gasteiger partial charge is 0.429 e. The Morgan fingerprint density at radius 3 is 2.20 bits per heavy atom. The van der Waals surface area contributed by atoms with E-state index < -0.39 is 29.8 Å². The highest BCUT2D eigenvalue weighted by Gasteiger charge is 2.17. The first-order chi connectivity index (χ1) is 16.9. The van der Waals surface area contributed by atoms with Crippen LogP contribution in [0.2, 0.25) is 0 Å². The van der Waals surface area contributed by atoms with Gasteiger partial charge in [0.2, 0.25) is 0 Å². The van der Waals surface area contributed by atoms with Crippen LogP contribution in [-0.2, 0) is 24.0 Å². The Morgan fingerprint density at radius 1 is 0.829 bits per heavy atom. The van der Waals surface area contributed by atoms with Gasteiger partial charge in [-0.15, -0.1) is 0 Å². The number of aryl methyl sites for hydroxylation is 2. The molecule has 0 radical (unpaired) electrons. The maximum Gasteiger partial charge on any atom is 0.387 e. The molecule has 35 heavy (non-hydrogen) atoms. The first-order valence-electron chi connectivity index (χ1n) is 10.8. The van der Waals surface area contributed by atoms with Crippen molar-refractivity contribution in [3.8, 4) is 17.1 Å². The average Bonchev–Trinajstić information content (AvgIpc) is 2.84. The molecule has 0 saturated carbocycles. The Labute approximate surface area is 198 Å². The van der Waals surface area contributed by atoms with Crippen molar-refractivity contribution in [2.45, 2.75) is 25.9 Å². The quantitative estimate of drug-likeness (QED) is 0.260. The van der Waals surface area contributed by atoms with Crippen LogP contribution in [0.25, 0.3) is 22.2 Å². The van der Waals surface area contributed by atoms with Gasteiger partial charge in [-0.1, -0.05) is 24.3 Å². The van der Waals surface area contributed by atoms with Crippen molar-refractivity contribution >= 4 is 10.8 Å². The van der Waals surface area contributed by atoms with Crippen LogP contribution in [-0.4, -0.2) is 30.3 Å². The summed E-state index contributed by atoms with van der Waals surface area (Å²) in [4.78, 5) is 8.75. The highest BCUT2D eigenvalue weighted by atomic mass is 19.3. The van der Waals surface area contributed by atoms with Gasteiger partial charge < -0.3 is 9.47 Å². The molecule has 3 aromatic carbocycles. The third-order valence-corrected chi connectivity index (χ3v) is 5.54. The molecule has 0 aliphatic heterocycles. The minimum atomic E-state index is -3.34. The molecule has 0 bridgehead atoms. The lowest BCUT2D eigenvalue weighted by molar-refractivity contribution is -0.0546. The van der Waals surface area contributed by atoms with Crippen LogP contribution < -0.4 is 4.74 Å². The van der Waals surface area contributed by atoms with Crippen LogP contribution in [0.4, 0.5) is 22.0 Å². The zero-order chi connectivity index (χ0) is 24.9. The molecule has 0 N–H and O–H groups in total. The number of alkyl halides is 2.